The summed E-state index contributed by atoms with van der Waals surface area (Å²) in [6, 6.07) is 23.5. The normalized spacial score (nSPS) is 13.2. The summed E-state index contributed by atoms with van der Waals surface area (Å²) in [7, 11) is 3.73. The lowest BCUT2D eigenvalue weighted by atomic mass is 9.80. The third-order valence-corrected chi connectivity index (χ3v) is 6.80. The van der Waals surface area contributed by atoms with Crippen LogP contribution in [-0.2, 0) is 19.6 Å². The van der Waals surface area contributed by atoms with Gasteiger partial charge in [0.25, 0.3) is 5.56 Å². The first-order valence-electron chi connectivity index (χ1n) is 11.0. The minimum absolute atomic E-state index is 0.0839. The maximum atomic E-state index is 12.8. The molecule has 0 aliphatic carbocycles. The summed E-state index contributed by atoms with van der Waals surface area (Å²) in [5, 5.41) is 1.54. The zero-order valence-electron chi connectivity index (χ0n) is 19.3. The van der Waals surface area contributed by atoms with Crippen LogP contribution in [0, 0.1) is 6.92 Å². The van der Waals surface area contributed by atoms with Gasteiger partial charge >= 0.3 is 0 Å². The van der Waals surface area contributed by atoms with Crippen molar-refractivity contribution < 1.29 is 0 Å². The molecule has 1 atom stereocenters. The molecule has 2 heterocycles. The Bertz CT molecular complexity index is 1580. The quantitative estimate of drug-likeness (QED) is 0.396. The molecule has 3 aromatic carbocycles. The van der Waals surface area contributed by atoms with Gasteiger partial charge in [-0.05, 0) is 53.4 Å². The van der Waals surface area contributed by atoms with E-state index in [0.29, 0.717) is 5.02 Å². The second-order valence-corrected chi connectivity index (χ2v) is 9.20. The van der Waals surface area contributed by atoms with E-state index in [9.17, 15) is 4.79 Å². The standard InChI is InChI=1S/C28H25ClN4O/c1-18-7-9-20(10-8-18)28(30,26-16-31-17-32(26)2)21-11-12-25-24(14-21)23(15-27(34)33(25)3)19-5-4-6-22(29)13-19/h4-17H,30H2,1-3H3/t28-/m1/s1. The van der Waals surface area contributed by atoms with Gasteiger partial charge in [0.1, 0.15) is 5.54 Å². The second-order valence-electron chi connectivity index (χ2n) is 8.76. The third kappa shape index (κ3) is 3.54. The van der Waals surface area contributed by atoms with Crippen LogP contribution in [-0.4, -0.2) is 14.1 Å². The molecule has 6 heteroatoms. The lowest BCUT2D eigenvalue weighted by Gasteiger charge is -2.32. The number of benzene rings is 3. The van der Waals surface area contributed by atoms with E-state index in [1.807, 2.05) is 54.2 Å². The Labute approximate surface area is 203 Å². The van der Waals surface area contributed by atoms with Gasteiger partial charge in [-0.2, -0.15) is 0 Å². The molecule has 34 heavy (non-hydrogen) atoms. The summed E-state index contributed by atoms with van der Waals surface area (Å²) in [5.41, 5.74) is 12.6. The van der Waals surface area contributed by atoms with Crippen molar-refractivity contribution in [2.45, 2.75) is 12.5 Å². The average Bonchev–Trinajstić information content (AvgIpc) is 3.27. The second kappa shape index (κ2) is 8.28. The molecule has 5 aromatic rings. The Morgan fingerprint density at radius 3 is 2.35 bits per heavy atom. The first kappa shape index (κ1) is 22.1. The molecule has 0 saturated carbocycles. The summed E-state index contributed by atoms with van der Waals surface area (Å²) in [4.78, 5) is 17.1. The van der Waals surface area contributed by atoms with E-state index >= 15 is 0 Å². The number of fused-ring (bicyclic) bond motifs is 1. The fraction of sp³-hybridized carbons (Fsp3) is 0.143. The van der Waals surface area contributed by atoms with Crippen molar-refractivity contribution in [2.24, 2.45) is 19.8 Å². The first-order valence-corrected chi connectivity index (χ1v) is 11.4. The summed E-state index contributed by atoms with van der Waals surface area (Å²) >= 11 is 6.29. The van der Waals surface area contributed by atoms with Crippen molar-refractivity contribution >= 4 is 22.5 Å². The molecule has 0 unspecified atom stereocenters. The van der Waals surface area contributed by atoms with Crippen molar-refractivity contribution in [3.8, 4) is 11.1 Å². The number of nitrogens with two attached hydrogens (primary N) is 1. The molecule has 0 radical (unpaired) electrons. The van der Waals surface area contributed by atoms with E-state index in [0.717, 1.165) is 44.4 Å². The number of hydrogen-bond acceptors (Lipinski definition) is 3. The number of pyridine rings is 1. The van der Waals surface area contributed by atoms with E-state index in [-0.39, 0.29) is 5.56 Å². The Morgan fingerprint density at radius 2 is 1.68 bits per heavy atom. The maximum absolute atomic E-state index is 12.8. The molecule has 2 aromatic heterocycles. The molecule has 0 amide bonds. The lowest BCUT2D eigenvalue weighted by molar-refractivity contribution is 0.596. The molecule has 0 bridgehead atoms. The van der Waals surface area contributed by atoms with Crippen LogP contribution in [0.2, 0.25) is 5.02 Å². The van der Waals surface area contributed by atoms with Crippen LogP contribution >= 0.6 is 11.6 Å². The lowest BCUT2D eigenvalue weighted by Crippen LogP contribution is -2.41. The topological polar surface area (TPSA) is 65.8 Å². The Hall–Kier alpha value is -3.67. The van der Waals surface area contributed by atoms with E-state index in [2.05, 4.69) is 42.2 Å². The number of nitrogens with zero attached hydrogens (tertiary/aromatic N) is 3. The van der Waals surface area contributed by atoms with Crippen LogP contribution in [0.15, 0.2) is 90.1 Å². The van der Waals surface area contributed by atoms with Gasteiger partial charge in [0.2, 0.25) is 0 Å². The van der Waals surface area contributed by atoms with Gasteiger partial charge in [0.05, 0.1) is 23.7 Å². The highest BCUT2D eigenvalue weighted by molar-refractivity contribution is 6.30. The first-order chi connectivity index (χ1) is 16.3. The highest BCUT2D eigenvalue weighted by Gasteiger charge is 2.35. The fourth-order valence-corrected chi connectivity index (χ4v) is 4.81. The van der Waals surface area contributed by atoms with Gasteiger partial charge in [0, 0.05) is 30.6 Å². The zero-order valence-corrected chi connectivity index (χ0v) is 20.0. The van der Waals surface area contributed by atoms with Gasteiger partial charge in [0.15, 0.2) is 0 Å². The molecular formula is C28H25ClN4O. The van der Waals surface area contributed by atoms with Gasteiger partial charge in [-0.1, -0.05) is 59.6 Å². The molecule has 0 aliphatic rings. The van der Waals surface area contributed by atoms with Gasteiger partial charge in [-0.15, -0.1) is 0 Å². The zero-order chi connectivity index (χ0) is 24.0. The smallest absolute Gasteiger partial charge is 0.251 e. The van der Waals surface area contributed by atoms with Gasteiger partial charge in [-0.25, -0.2) is 4.98 Å². The predicted octanol–water partition coefficient (Wildman–Crippen LogP) is 5.15. The van der Waals surface area contributed by atoms with Gasteiger partial charge < -0.3 is 14.9 Å². The molecule has 5 rings (SSSR count). The Morgan fingerprint density at radius 1 is 0.941 bits per heavy atom. The summed E-state index contributed by atoms with van der Waals surface area (Å²) in [6.45, 7) is 2.06. The van der Waals surface area contributed by atoms with Crippen LogP contribution in [0.1, 0.15) is 22.4 Å². The highest BCUT2D eigenvalue weighted by Crippen LogP contribution is 2.37. The van der Waals surface area contributed by atoms with Crippen molar-refractivity contribution in [3.05, 3.63) is 123 Å². The number of aromatic nitrogens is 3. The minimum Gasteiger partial charge on any atom is -0.336 e. The number of aryl methyl sites for hydroxylation is 3. The van der Waals surface area contributed by atoms with Crippen molar-refractivity contribution in [1.82, 2.24) is 14.1 Å². The maximum Gasteiger partial charge on any atom is 0.251 e. The molecule has 0 aliphatic heterocycles. The van der Waals surface area contributed by atoms with E-state index in [1.165, 1.54) is 0 Å². The van der Waals surface area contributed by atoms with Crippen molar-refractivity contribution in [2.75, 3.05) is 0 Å². The van der Waals surface area contributed by atoms with Crippen molar-refractivity contribution in [3.63, 3.8) is 0 Å². The number of hydrogen-bond donors (Lipinski definition) is 1. The third-order valence-electron chi connectivity index (χ3n) is 6.57. The molecule has 0 spiro atoms. The fourth-order valence-electron chi connectivity index (χ4n) is 4.62. The Balaban J connectivity index is 1.84. The molecule has 2 N–H and O–H groups in total. The molecule has 5 nitrogen and oxygen atoms in total. The van der Waals surface area contributed by atoms with Crippen LogP contribution in [0.3, 0.4) is 0 Å². The monoisotopic (exact) mass is 468 g/mol. The summed E-state index contributed by atoms with van der Waals surface area (Å²) in [5.74, 6) is 0. The van der Waals surface area contributed by atoms with Gasteiger partial charge in [-0.3, -0.25) is 4.79 Å². The van der Waals surface area contributed by atoms with Crippen molar-refractivity contribution in [1.29, 1.82) is 0 Å². The average molecular weight is 469 g/mol. The van der Waals surface area contributed by atoms with Crippen LogP contribution in [0.5, 0.6) is 0 Å². The summed E-state index contributed by atoms with van der Waals surface area (Å²) in [6.07, 6.45) is 3.57. The largest absolute Gasteiger partial charge is 0.336 e. The molecular weight excluding hydrogens is 444 g/mol. The highest BCUT2D eigenvalue weighted by atomic mass is 35.5. The van der Waals surface area contributed by atoms with E-state index in [4.69, 9.17) is 17.3 Å². The van der Waals surface area contributed by atoms with E-state index < -0.39 is 5.54 Å². The van der Waals surface area contributed by atoms with E-state index in [1.54, 1.807) is 24.0 Å². The predicted molar refractivity (Wildman–Crippen MR) is 138 cm³/mol. The Kier molecular flexibility index (Phi) is 5.39. The number of imidazole rings is 1. The molecule has 0 saturated heterocycles. The molecule has 0 fully saturated rings. The van der Waals surface area contributed by atoms with Crippen LogP contribution in [0.25, 0.3) is 22.0 Å². The van der Waals surface area contributed by atoms with Crippen LogP contribution < -0.4 is 11.3 Å². The number of rotatable bonds is 4. The minimum atomic E-state index is -0.951. The molecule has 170 valence electrons. The van der Waals surface area contributed by atoms with Crippen LogP contribution in [0.4, 0.5) is 0 Å². The summed E-state index contributed by atoms with van der Waals surface area (Å²) < 4.78 is 3.60. The number of halogens is 1. The SMILES string of the molecule is Cc1ccc([C@@](N)(c2ccc3c(c2)c(-c2cccc(Cl)c2)cc(=O)n3C)c2cncn2C)cc1.